The normalized spacial score (nSPS) is 9.87. The fraction of sp³-hybridized carbons (Fsp3) is 0.400. The predicted octanol–water partition coefficient (Wildman–Crippen LogP) is 1.81. The summed E-state index contributed by atoms with van der Waals surface area (Å²) in [4.78, 5) is 34.1. The molecule has 0 saturated carbocycles. The van der Waals surface area contributed by atoms with Gasteiger partial charge in [0.2, 0.25) is 0 Å². The van der Waals surface area contributed by atoms with Gasteiger partial charge >= 0.3 is 12.0 Å². The number of halogens is 1. The molecule has 0 aliphatic heterocycles. The molecule has 0 unspecified atom stereocenters. The molecule has 0 bridgehead atoms. The van der Waals surface area contributed by atoms with Crippen molar-refractivity contribution >= 4 is 29.5 Å². The number of nitrogens with one attached hydrogen (secondary N) is 2. The van der Waals surface area contributed by atoms with Gasteiger partial charge in [0.05, 0.1) is 0 Å². The van der Waals surface area contributed by atoms with Gasteiger partial charge in [0.15, 0.2) is 13.2 Å². The third-order valence-corrected chi connectivity index (χ3v) is 2.87. The monoisotopic (exact) mass is 342 g/mol. The third kappa shape index (κ3) is 7.51. The molecule has 0 spiro atoms. The molecular formula is C15H19ClN2O5. The van der Waals surface area contributed by atoms with E-state index in [1.807, 2.05) is 12.2 Å². The Morgan fingerprint density at radius 3 is 2.61 bits per heavy atom. The Morgan fingerprint density at radius 1 is 1.22 bits per heavy atom. The summed E-state index contributed by atoms with van der Waals surface area (Å²) >= 11 is 5.81. The number of esters is 1. The maximum atomic E-state index is 11.5. The lowest BCUT2D eigenvalue weighted by Crippen LogP contribution is -2.41. The van der Waals surface area contributed by atoms with E-state index in [0.29, 0.717) is 17.3 Å². The smallest absolute Gasteiger partial charge is 0.344 e. The zero-order valence-electron chi connectivity index (χ0n) is 13.0. The van der Waals surface area contributed by atoms with Gasteiger partial charge in [-0.3, -0.25) is 10.1 Å². The highest BCUT2D eigenvalue weighted by Gasteiger charge is 2.11. The Kier molecular flexibility index (Phi) is 7.90. The van der Waals surface area contributed by atoms with Crippen LogP contribution in [-0.4, -0.2) is 37.7 Å². The van der Waals surface area contributed by atoms with Crippen molar-refractivity contribution in [1.29, 1.82) is 0 Å². The number of urea groups is 1. The molecule has 8 heteroatoms. The summed E-state index contributed by atoms with van der Waals surface area (Å²) in [7, 11) is 0. The molecule has 0 aromatic heterocycles. The van der Waals surface area contributed by atoms with Gasteiger partial charge in [-0.05, 0) is 37.1 Å². The molecule has 2 N–H and O–H groups in total. The third-order valence-electron chi connectivity index (χ3n) is 2.64. The number of ether oxygens (including phenoxy) is 2. The molecule has 0 fully saturated rings. The largest absolute Gasteiger partial charge is 0.482 e. The second-order valence-corrected chi connectivity index (χ2v) is 5.10. The van der Waals surface area contributed by atoms with Crippen LogP contribution in [0, 0.1) is 6.92 Å². The fourth-order valence-corrected chi connectivity index (χ4v) is 1.77. The van der Waals surface area contributed by atoms with Crippen molar-refractivity contribution in [1.82, 2.24) is 10.6 Å². The van der Waals surface area contributed by atoms with Gasteiger partial charge in [-0.1, -0.05) is 18.5 Å². The second-order valence-electron chi connectivity index (χ2n) is 4.66. The molecule has 23 heavy (non-hydrogen) atoms. The summed E-state index contributed by atoms with van der Waals surface area (Å²) in [5, 5.41) is 5.06. The van der Waals surface area contributed by atoms with Gasteiger partial charge in [0.1, 0.15) is 5.75 Å². The SMILES string of the molecule is CCCNC(=O)NC(=O)COC(=O)COc1ccc(Cl)cc1C. The molecule has 0 saturated heterocycles. The lowest BCUT2D eigenvalue weighted by Gasteiger charge is -2.09. The van der Waals surface area contributed by atoms with Gasteiger partial charge in [0.25, 0.3) is 5.91 Å². The highest BCUT2D eigenvalue weighted by atomic mass is 35.5. The Morgan fingerprint density at radius 2 is 1.96 bits per heavy atom. The average Bonchev–Trinajstić information content (AvgIpc) is 2.50. The summed E-state index contributed by atoms with van der Waals surface area (Å²) in [5.41, 5.74) is 0.774. The lowest BCUT2D eigenvalue weighted by atomic mass is 10.2. The van der Waals surface area contributed by atoms with E-state index in [-0.39, 0.29) is 6.61 Å². The number of rotatable bonds is 7. The minimum atomic E-state index is -0.719. The van der Waals surface area contributed by atoms with Crippen molar-refractivity contribution < 1.29 is 23.9 Å². The summed E-state index contributed by atoms with van der Waals surface area (Å²) < 4.78 is 9.99. The molecule has 1 rings (SSSR count). The predicted molar refractivity (Wildman–Crippen MR) is 84.5 cm³/mol. The highest BCUT2D eigenvalue weighted by Crippen LogP contribution is 2.21. The fourth-order valence-electron chi connectivity index (χ4n) is 1.54. The first-order valence-corrected chi connectivity index (χ1v) is 7.42. The van der Waals surface area contributed by atoms with Crippen LogP contribution in [0.15, 0.2) is 18.2 Å². The summed E-state index contributed by atoms with van der Waals surface area (Å²) in [6, 6.07) is 4.35. The number of benzene rings is 1. The number of amides is 3. The Bertz CT molecular complexity index is 577. The number of hydrogen-bond acceptors (Lipinski definition) is 5. The van der Waals surface area contributed by atoms with Crippen LogP contribution in [0.1, 0.15) is 18.9 Å². The van der Waals surface area contributed by atoms with Gasteiger partial charge in [0, 0.05) is 11.6 Å². The van der Waals surface area contributed by atoms with Crippen molar-refractivity contribution in [2.24, 2.45) is 0 Å². The van der Waals surface area contributed by atoms with Crippen LogP contribution in [0.5, 0.6) is 5.75 Å². The Hall–Kier alpha value is -2.28. The molecule has 0 radical (unpaired) electrons. The number of hydrogen-bond donors (Lipinski definition) is 2. The van der Waals surface area contributed by atoms with Crippen molar-refractivity contribution in [2.75, 3.05) is 19.8 Å². The first kappa shape index (κ1) is 18.8. The van der Waals surface area contributed by atoms with Crippen LogP contribution in [0.25, 0.3) is 0 Å². The van der Waals surface area contributed by atoms with Crippen LogP contribution in [0.4, 0.5) is 4.79 Å². The molecule has 7 nitrogen and oxygen atoms in total. The van der Waals surface area contributed by atoms with Crippen molar-refractivity contribution in [3.8, 4) is 5.75 Å². The van der Waals surface area contributed by atoms with E-state index in [1.165, 1.54) is 0 Å². The molecule has 1 aromatic carbocycles. The van der Waals surface area contributed by atoms with E-state index >= 15 is 0 Å². The van der Waals surface area contributed by atoms with Gasteiger partial charge in [-0.15, -0.1) is 0 Å². The Balaban J connectivity index is 2.28. The zero-order valence-corrected chi connectivity index (χ0v) is 13.7. The van der Waals surface area contributed by atoms with Crippen LogP contribution in [-0.2, 0) is 14.3 Å². The van der Waals surface area contributed by atoms with Gasteiger partial charge in [-0.2, -0.15) is 0 Å². The maximum Gasteiger partial charge on any atom is 0.344 e. The second kappa shape index (κ2) is 9.68. The molecule has 126 valence electrons. The number of carbonyl (C=O) groups excluding carboxylic acids is 3. The molecule has 1 aromatic rings. The van der Waals surface area contributed by atoms with Crippen LogP contribution in [0.2, 0.25) is 5.02 Å². The minimum Gasteiger partial charge on any atom is -0.482 e. The highest BCUT2D eigenvalue weighted by molar-refractivity contribution is 6.30. The quantitative estimate of drug-likeness (QED) is 0.737. The molecule has 0 heterocycles. The Labute approximate surface area is 139 Å². The zero-order chi connectivity index (χ0) is 17.2. The number of carbonyl (C=O) groups is 3. The topological polar surface area (TPSA) is 93.7 Å². The molecule has 0 atom stereocenters. The number of aryl methyl sites for hydroxylation is 1. The van der Waals surface area contributed by atoms with Gasteiger partial charge < -0.3 is 14.8 Å². The van der Waals surface area contributed by atoms with Crippen molar-refractivity contribution in [2.45, 2.75) is 20.3 Å². The standard InChI is InChI=1S/C15H19ClN2O5/c1-3-6-17-15(21)18-13(19)8-23-14(20)9-22-12-5-4-11(16)7-10(12)2/h4-5,7H,3,6,8-9H2,1-2H3,(H2,17,18,19,21). The molecule has 0 aliphatic rings. The van der Waals surface area contributed by atoms with Crippen molar-refractivity contribution in [3.05, 3.63) is 28.8 Å². The van der Waals surface area contributed by atoms with E-state index in [0.717, 1.165) is 12.0 Å². The lowest BCUT2D eigenvalue weighted by molar-refractivity contribution is -0.150. The van der Waals surface area contributed by atoms with Crippen molar-refractivity contribution in [3.63, 3.8) is 0 Å². The summed E-state index contributed by atoms with van der Waals surface area (Å²) in [6.45, 7) is 3.22. The first-order valence-electron chi connectivity index (χ1n) is 7.04. The van der Waals surface area contributed by atoms with E-state index in [1.54, 1.807) is 25.1 Å². The van der Waals surface area contributed by atoms with Crippen LogP contribution in [0.3, 0.4) is 0 Å². The first-order chi connectivity index (χ1) is 10.9. The summed E-state index contributed by atoms with van der Waals surface area (Å²) in [6.07, 6.45) is 0.748. The molecule has 3 amide bonds. The van der Waals surface area contributed by atoms with Crippen LogP contribution < -0.4 is 15.4 Å². The maximum absolute atomic E-state index is 11.5. The average molecular weight is 343 g/mol. The number of imide groups is 1. The van der Waals surface area contributed by atoms with E-state index < -0.39 is 24.5 Å². The van der Waals surface area contributed by atoms with Gasteiger partial charge in [-0.25, -0.2) is 9.59 Å². The molecular weight excluding hydrogens is 324 g/mol. The summed E-state index contributed by atoms with van der Waals surface area (Å²) in [5.74, 6) is -0.937. The van der Waals surface area contributed by atoms with E-state index in [9.17, 15) is 14.4 Å². The minimum absolute atomic E-state index is 0.349. The van der Waals surface area contributed by atoms with Crippen LogP contribution >= 0.6 is 11.6 Å². The van der Waals surface area contributed by atoms with E-state index in [4.69, 9.17) is 21.1 Å². The molecule has 0 aliphatic carbocycles. The van der Waals surface area contributed by atoms with E-state index in [2.05, 4.69) is 5.32 Å².